The number of halogens is 1. The van der Waals surface area contributed by atoms with E-state index in [-0.39, 0.29) is 11.8 Å². The molecule has 0 aliphatic carbocycles. The quantitative estimate of drug-likeness (QED) is 0.493. The minimum Gasteiger partial charge on any atom is -0.495 e. The van der Waals surface area contributed by atoms with Crippen molar-refractivity contribution in [1.29, 1.82) is 0 Å². The van der Waals surface area contributed by atoms with Gasteiger partial charge in [0.15, 0.2) is 0 Å². The van der Waals surface area contributed by atoms with Gasteiger partial charge in [0.05, 0.1) is 30.2 Å². The molecule has 1 saturated heterocycles. The van der Waals surface area contributed by atoms with Crippen molar-refractivity contribution < 1.29 is 19.1 Å². The van der Waals surface area contributed by atoms with E-state index in [1.165, 1.54) is 0 Å². The van der Waals surface area contributed by atoms with Gasteiger partial charge in [-0.05, 0) is 55.2 Å². The number of rotatable bonds is 8. The smallest absolute Gasteiger partial charge is 0.255 e. The third kappa shape index (κ3) is 5.34. The largest absolute Gasteiger partial charge is 0.495 e. The van der Waals surface area contributed by atoms with Crippen LogP contribution in [-0.4, -0.2) is 67.0 Å². The summed E-state index contributed by atoms with van der Waals surface area (Å²) in [5, 5.41) is 8.95. The van der Waals surface area contributed by atoms with Gasteiger partial charge in [-0.1, -0.05) is 11.6 Å². The van der Waals surface area contributed by atoms with Crippen molar-refractivity contribution in [3.05, 3.63) is 58.7 Å². The zero-order valence-corrected chi connectivity index (χ0v) is 20.2. The average molecular weight is 485 g/mol. The zero-order valence-electron chi connectivity index (χ0n) is 19.4. The Labute approximate surface area is 203 Å². The highest BCUT2D eigenvalue weighted by Crippen LogP contribution is 2.30. The van der Waals surface area contributed by atoms with Gasteiger partial charge < -0.3 is 19.7 Å². The van der Waals surface area contributed by atoms with Crippen molar-refractivity contribution >= 4 is 34.3 Å². The third-order valence-corrected chi connectivity index (χ3v) is 6.42. The molecule has 180 valence electrons. The number of ether oxygens (including phenoxy) is 2. The maximum atomic E-state index is 12.7. The number of nitrogens with zero attached hydrogens (tertiary/aromatic N) is 3. The van der Waals surface area contributed by atoms with Crippen LogP contribution in [0, 0.1) is 5.92 Å². The molecule has 8 nitrogen and oxygen atoms in total. The van der Waals surface area contributed by atoms with Gasteiger partial charge in [-0.2, -0.15) is 5.10 Å². The number of benzene rings is 2. The molecule has 34 heavy (non-hydrogen) atoms. The molecule has 3 aromatic rings. The molecule has 2 aromatic carbocycles. The van der Waals surface area contributed by atoms with Crippen LogP contribution in [0.3, 0.4) is 0 Å². The summed E-state index contributed by atoms with van der Waals surface area (Å²) in [5.74, 6) is 0.760. The molecule has 4 rings (SSSR count). The molecule has 0 spiro atoms. The van der Waals surface area contributed by atoms with Crippen LogP contribution in [0.4, 0.5) is 0 Å². The number of likely N-dealkylation sites (tertiary alicyclic amines) is 1. The predicted molar refractivity (Wildman–Crippen MR) is 131 cm³/mol. The molecule has 0 atom stereocenters. The highest BCUT2D eigenvalue weighted by atomic mass is 35.5. The van der Waals surface area contributed by atoms with Crippen molar-refractivity contribution in [2.75, 3.05) is 40.5 Å². The lowest BCUT2D eigenvalue weighted by Crippen LogP contribution is -2.39. The number of nitrogens with one attached hydrogen (secondary N) is 1. The Morgan fingerprint density at radius 1 is 1.12 bits per heavy atom. The molecule has 0 saturated carbocycles. The van der Waals surface area contributed by atoms with Gasteiger partial charge in [0.25, 0.3) is 11.8 Å². The number of amides is 2. The molecule has 1 aliphatic rings. The van der Waals surface area contributed by atoms with E-state index < -0.39 is 0 Å². The lowest BCUT2D eigenvalue weighted by Gasteiger charge is -2.32. The SMILES string of the molecule is COCCNC(=O)c1ccc2nn(CC3CCN(C(=O)c4ccc(Cl)cc4)CC3)cc2c1OC. The summed E-state index contributed by atoms with van der Waals surface area (Å²) in [6.45, 7) is 3.04. The van der Waals surface area contributed by atoms with Crippen molar-refractivity contribution in [3.8, 4) is 5.75 Å². The zero-order chi connectivity index (χ0) is 24.1. The number of hydrogen-bond donors (Lipinski definition) is 1. The van der Waals surface area contributed by atoms with Crippen LogP contribution in [0.25, 0.3) is 10.9 Å². The number of carbonyl (C=O) groups is 2. The highest BCUT2D eigenvalue weighted by Gasteiger charge is 2.25. The molecular weight excluding hydrogens is 456 g/mol. The fraction of sp³-hybridized carbons (Fsp3) is 0.400. The standard InChI is InChI=1S/C25H29ClN4O4/c1-33-14-11-27-24(31)20-7-8-22-21(23(20)34-2)16-30(28-22)15-17-9-12-29(13-10-17)25(32)18-3-5-19(26)6-4-18/h3-8,16-17H,9-15H2,1-2H3,(H,27,31). The van der Waals surface area contributed by atoms with Crippen LogP contribution < -0.4 is 10.1 Å². The molecule has 1 aliphatic heterocycles. The lowest BCUT2D eigenvalue weighted by atomic mass is 9.96. The molecule has 0 radical (unpaired) electrons. The van der Waals surface area contributed by atoms with E-state index >= 15 is 0 Å². The first kappa shape index (κ1) is 24.0. The second kappa shape index (κ2) is 10.9. The Balaban J connectivity index is 1.40. The van der Waals surface area contributed by atoms with Gasteiger partial charge >= 0.3 is 0 Å². The number of aromatic nitrogens is 2. The van der Waals surface area contributed by atoms with E-state index in [9.17, 15) is 9.59 Å². The van der Waals surface area contributed by atoms with Crippen molar-refractivity contribution in [2.24, 2.45) is 5.92 Å². The van der Waals surface area contributed by atoms with Gasteiger partial charge in [-0.15, -0.1) is 0 Å². The third-order valence-electron chi connectivity index (χ3n) is 6.17. The average Bonchev–Trinajstić information content (AvgIpc) is 3.26. The first-order chi connectivity index (χ1) is 16.5. The van der Waals surface area contributed by atoms with E-state index in [1.807, 2.05) is 21.8 Å². The van der Waals surface area contributed by atoms with Gasteiger partial charge in [0, 0.05) is 50.1 Å². The Bertz CT molecular complexity index is 1150. The molecule has 1 N–H and O–H groups in total. The molecular formula is C25H29ClN4O4. The maximum absolute atomic E-state index is 12.7. The van der Waals surface area contributed by atoms with Gasteiger partial charge in [-0.3, -0.25) is 14.3 Å². The number of methoxy groups -OCH3 is 2. The van der Waals surface area contributed by atoms with Crippen LogP contribution in [-0.2, 0) is 11.3 Å². The van der Waals surface area contributed by atoms with Crippen LogP contribution in [0.5, 0.6) is 5.75 Å². The second-order valence-corrected chi connectivity index (χ2v) is 8.86. The Kier molecular flexibility index (Phi) is 7.70. The summed E-state index contributed by atoms with van der Waals surface area (Å²) < 4.78 is 12.5. The van der Waals surface area contributed by atoms with Crippen LogP contribution >= 0.6 is 11.6 Å². The predicted octanol–water partition coefficient (Wildman–Crippen LogP) is 3.63. The van der Waals surface area contributed by atoms with Crippen molar-refractivity contribution in [1.82, 2.24) is 20.0 Å². The van der Waals surface area contributed by atoms with Gasteiger partial charge in [-0.25, -0.2) is 0 Å². The molecule has 2 heterocycles. The van der Waals surface area contributed by atoms with E-state index in [1.54, 1.807) is 44.6 Å². The van der Waals surface area contributed by atoms with Crippen LogP contribution in [0.15, 0.2) is 42.6 Å². The number of carbonyl (C=O) groups excluding carboxylic acids is 2. The Morgan fingerprint density at radius 2 is 1.85 bits per heavy atom. The summed E-state index contributed by atoms with van der Waals surface area (Å²) in [4.78, 5) is 27.2. The summed E-state index contributed by atoms with van der Waals surface area (Å²) in [6.07, 6.45) is 3.74. The first-order valence-corrected chi connectivity index (χ1v) is 11.7. The second-order valence-electron chi connectivity index (χ2n) is 8.42. The van der Waals surface area contributed by atoms with E-state index in [0.29, 0.717) is 54.1 Å². The summed E-state index contributed by atoms with van der Waals surface area (Å²) in [7, 11) is 3.15. The minimum atomic E-state index is -0.207. The fourth-order valence-corrected chi connectivity index (χ4v) is 4.46. The van der Waals surface area contributed by atoms with E-state index in [0.717, 1.165) is 30.3 Å². The van der Waals surface area contributed by atoms with Gasteiger partial charge in [0.2, 0.25) is 0 Å². The molecule has 9 heteroatoms. The van der Waals surface area contributed by atoms with Crippen LogP contribution in [0.1, 0.15) is 33.6 Å². The molecule has 1 aromatic heterocycles. The van der Waals surface area contributed by atoms with Crippen molar-refractivity contribution in [2.45, 2.75) is 19.4 Å². The fourth-order valence-electron chi connectivity index (χ4n) is 4.33. The monoisotopic (exact) mass is 484 g/mol. The van der Waals surface area contributed by atoms with Crippen LogP contribution in [0.2, 0.25) is 5.02 Å². The normalized spacial score (nSPS) is 14.4. The Hall–Kier alpha value is -3.10. The first-order valence-electron chi connectivity index (χ1n) is 11.4. The number of fused-ring (bicyclic) bond motifs is 1. The molecule has 2 amide bonds. The van der Waals surface area contributed by atoms with Crippen molar-refractivity contribution in [3.63, 3.8) is 0 Å². The molecule has 1 fully saturated rings. The topological polar surface area (TPSA) is 85.7 Å². The lowest BCUT2D eigenvalue weighted by molar-refractivity contribution is 0.0681. The maximum Gasteiger partial charge on any atom is 0.255 e. The summed E-state index contributed by atoms with van der Waals surface area (Å²) in [6, 6.07) is 10.6. The minimum absolute atomic E-state index is 0.0426. The Morgan fingerprint density at radius 3 is 2.53 bits per heavy atom. The summed E-state index contributed by atoms with van der Waals surface area (Å²) in [5.41, 5.74) is 1.91. The van der Waals surface area contributed by atoms with E-state index in [4.69, 9.17) is 26.2 Å². The molecule has 0 unspecified atom stereocenters. The number of hydrogen-bond acceptors (Lipinski definition) is 5. The number of piperidine rings is 1. The highest BCUT2D eigenvalue weighted by molar-refractivity contribution is 6.30. The van der Waals surface area contributed by atoms with Gasteiger partial charge in [0.1, 0.15) is 5.75 Å². The van der Waals surface area contributed by atoms with E-state index in [2.05, 4.69) is 5.32 Å². The summed E-state index contributed by atoms with van der Waals surface area (Å²) >= 11 is 5.93. The molecule has 0 bridgehead atoms.